The lowest BCUT2D eigenvalue weighted by Gasteiger charge is -2.17. The normalized spacial score (nSPS) is 12.8. The molecule has 1 aromatic heterocycles. The van der Waals surface area contributed by atoms with Crippen LogP contribution in [0.5, 0.6) is 0 Å². The Morgan fingerprint density at radius 3 is 2.41 bits per heavy atom. The van der Waals surface area contributed by atoms with Gasteiger partial charge in [0.05, 0.1) is 11.3 Å². The van der Waals surface area contributed by atoms with Crippen molar-refractivity contribution in [2.75, 3.05) is 4.90 Å². The molecule has 1 aliphatic rings. The molecule has 0 atom stereocenters. The topological polar surface area (TPSA) is 53.4 Å². The van der Waals surface area contributed by atoms with Crippen molar-refractivity contribution < 1.29 is 9.90 Å². The van der Waals surface area contributed by atoms with Crippen LogP contribution in [0, 0.1) is 0 Å². The van der Waals surface area contributed by atoms with Crippen LogP contribution in [0.1, 0.15) is 21.5 Å². The molecule has 0 saturated carbocycles. The Hall–Kier alpha value is -3.44. The standard InChI is InChI=1S/C24H18N2O2S/c27-24(28)18-6-7-19-13-26(14-20(19)12-18)21-10-8-16(9-11-21)22-15-29-23(25-22)17-4-2-1-3-5-17/h1-12,15H,13-14H2,(H,27,28). The monoisotopic (exact) mass is 398 g/mol. The Morgan fingerprint density at radius 2 is 1.66 bits per heavy atom. The number of thiazole rings is 1. The highest BCUT2D eigenvalue weighted by Crippen LogP contribution is 2.32. The van der Waals surface area contributed by atoms with Gasteiger partial charge in [-0.2, -0.15) is 0 Å². The van der Waals surface area contributed by atoms with Gasteiger partial charge in [0, 0.05) is 35.3 Å². The fraction of sp³-hybridized carbons (Fsp3) is 0.0833. The van der Waals surface area contributed by atoms with Crippen molar-refractivity contribution in [3.63, 3.8) is 0 Å². The van der Waals surface area contributed by atoms with Crippen LogP contribution in [-0.4, -0.2) is 16.1 Å². The van der Waals surface area contributed by atoms with E-state index in [-0.39, 0.29) is 0 Å². The van der Waals surface area contributed by atoms with Gasteiger partial charge in [-0.25, -0.2) is 9.78 Å². The average Bonchev–Trinajstić information content (AvgIpc) is 3.41. The summed E-state index contributed by atoms with van der Waals surface area (Å²) in [5.74, 6) is -0.881. The molecular weight excluding hydrogens is 380 g/mol. The van der Waals surface area contributed by atoms with E-state index in [1.54, 1.807) is 23.5 Å². The molecule has 0 aliphatic carbocycles. The zero-order chi connectivity index (χ0) is 19.8. The first kappa shape index (κ1) is 17.6. The molecule has 0 saturated heterocycles. The molecule has 0 bridgehead atoms. The zero-order valence-corrected chi connectivity index (χ0v) is 16.4. The number of rotatable bonds is 4. The molecule has 5 rings (SSSR count). The van der Waals surface area contributed by atoms with Crippen molar-refractivity contribution in [1.82, 2.24) is 4.98 Å². The summed E-state index contributed by atoms with van der Waals surface area (Å²) in [5.41, 5.74) is 6.95. The van der Waals surface area contributed by atoms with Gasteiger partial charge < -0.3 is 10.0 Å². The highest BCUT2D eigenvalue weighted by molar-refractivity contribution is 7.13. The Labute approximate surface area is 172 Å². The SMILES string of the molecule is O=C(O)c1ccc2c(c1)CN(c1ccc(-c3csc(-c4ccccc4)n3)cc1)C2. The molecule has 5 heteroatoms. The molecule has 0 radical (unpaired) electrons. The Kier molecular flexibility index (Phi) is 4.37. The van der Waals surface area contributed by atoms with Crippen molar-refractivity contribution in [2.45, 2.75) is 13.1 Å². The first-order valence-electron chi connectivity index (χ1n) is 9.39. The van der Waals surface area contributed by atoms with Gasteiger partial charge in [-0.05, 0) is 35.4 Å². The van der Waals surface area contributed by atoms with E-state index in [4.69, 9.17) is 4.98 Å². The maximum atomic E-state index is 11.2. The van der Waals surface area contributed by atoms with Gasteiger partial charge >= 0.3 is 5.97 Å². The highest BCUT2D eigenvalue weighted by atomic mass is 32.1. The lowest BCUT2D eigenvalue weighted by molar-refractivity contribution is 0.0697. The van der Waals surface area contributed by atoms with E-state index in [1.807, 2.05) is 24.3 Å². The number of anilines is 1. The second-order valence-corrected chi connectivity index (χ2v) is 7.95. The van der Waals surface area contributed by atoms with E-state index in [1.165, 1.54) is 5.56 Å². The summed E-state index contributed by atoms with van der Waals surface area (Å²) < 4.78 is 0. The van der Waals surface area contributed by atoms with Crippen molar-refractivity contribution in [3.8, 4) is 21.8 Å². The van der Waals surface area contributed by atoms with Crippen molar-refractivity contribution in [1.29, 1.82) is 0 Å². The van der Waals surface area contributed by atoms with Crippen molar-refractivity contribution in [2.24, 2.45) is 0 Å². The van der Waals surface area contributed by atoms with Gasteiger partial charge in [-0.3, -0.25) is 0 Å². The Bertz CT molecular complexity index is 1180. The predicted octanol–water partition coefficient (Wildman–Crippen LogP) is 5.70. The van der Waals surface area contributed by atoms with Crippen molar-refractivity contribution >= 4 is 23.0 Å². The summed E-state index contributed by atoms with van der Waals surface area (Å²) in [6, 6.07) is 24.0. The molecule has 0 spiro atoms. The van der Waals surface area contributed by atoms with E-state index in [0.717, 1.165) is 46.2 Å². The maximum Gasteiger partial charge on any atom is 0.335 e. The molecule has 3 aromatic carbocycles. The van der Waals surface area contributed by atoms with Crippen LogP contribution in [0.25, 0.3) is 21.8 Å². The summed E-state index contributed by atoms with van der Waals surface area (Å²) in [5, 5.41) is 12.3. The number of hydrogen-bond acceptors (Lipinski definition) is 4. The van der Waals surface area contributed by atoms with E-state index < -0.39 is 5.97 Å². The number of nitrogens with zero attached hydrogens (tertiary/aromatic N) is 2. The van der Waals surface area contributed by atoms with Gasteiger partial charge in [0.25, 0.3) is 0 Å². The Morgan fingerprint density at radius 1 is 0.897 bits per heavy atom. The fourth-order valence-corrected chi connectivity index (χ4v) is 4.51. The number of carboxylic acid groups (broad SMARTS) is 1. The van der Waals surface area contributed by atoms with E-state index in [0.29, 0.717) is 5.56 Å². The van der Waals surface area contributed by atoms with Gasteiger partial charge in [0.2, 0.25) is 0 Å². The molecular formula is C24H18N2O2S. The summed E-state index contributed by atoms with van der Waals surface area (Å²) in [6.07, 6.45) is 0. The number of aromatic nitrogens is 1. The lowest BCUT2D eigenvalue weighted by Crippen LogP contribution is -2.14. The average molecular weight is 398 g/mol. The molecule has 2 heterocycles. The first-order chi connectivity index (χ1) is 14.2. The number of fused-ring (bicyclic) bond motifs is 1. The van der Waals surface area contributed by atoms with Gasteiger partial charge in [0.15, 0.2) is 0 Å². The van der Waals surface area contributed by atoms with Gasteiger partial charge in [-0.15, -0.1) is 11.3 Å². The fourth-order valence-electron chi connectivity index (χ4n) is 3.67. The minimum Gasteiger partial charge on any atom is -0.478 e. The molecule has 4 nitrogen and oxygen atoms in total. The lowest BCUT2D eigenvalue weighted by atomic mass is 10.1. The number of carbonyl (C=O) groups is 1. The van der Waals surface area contributed by atoms with Crippen LogP contribution in [-0.2, 0) is 13.1 Å². The van der Waals surface area contributed by atoms with Crippen LogP contribution in [0.4, 0.5) is 5.69 Å². The van der Waals surface area contributed by atoms with Crippen LogP contribution >= 0.6 is 11.3 Å². The number of benzene rings is 3. The second kappa shape index (κ2) is 7.18. The van der Waals surface area contributed by atoms with E-state index in [9.17, 15) is 9.90 Å². The van der Waals surface area contributed by atoms with Crippen LogP contribution < -0.4 is 4.90 Å². The maximum absolute atomic E-state index is 11.2. The number of hydrogen-bond donors (Lipinski definition) is 1. The Balaban J connectivity index is 1.35. The van der Waals surface area contributed by atoms with Crippen LogP contribution in [0.2, 0.25) is 0 Å². The minimum atomic E-state index is -0.881. The number of aromatic carboxylic acids is 1. The molecule has 1 aliphatic heterocycles. The van der Waals surface area contributed by atoms with E-state index in [2.05, 4.69) is 46.7 Å². The van der Waals surface area contributed by atoms with Gasteiger partial charge in [-0.1, -0.05) is 48.5 Å². The molecule has 142 valence electrons. The summed E-state index contributed by atoms with van der Waals surface area (Å²) in [7, 11) is 0. The molecule has 0 unspecified atom stereocenters. The highest BCUT2D eigenvalue weighted by Gasteiger charge is 2.20. The van der Waals surface area contributed by atoms with Crippen LogP contribution in [0.15, 0.2) is 78.2 Å². The third kappa shape index (κ3) is 3.41. The largest absolute Gasteiger partial charge is 0.478 e. The van der Waals surface area contributed by atoms with Gasteiger partial charge in [0.1, 0.15) is 5.01 Å². The molecule has 29 heavy (non-hydrogen) atoms. The summed E-state index contributed by atoms with van der Waals surface area (Å²) >= 11 is 1.65. The molecule has 0 amide bonds. The third-order valence-electron chi connectivity index (χ3n) is 5.23. The number of carboxylic acids is 1. The summed E-state index contributed by atoms with van der Waals surface area (Å²) in [4.78, 5) is 18.2. The summed E-state index contributed by atoms with van der Waals surface area (Å²) in [6.45, 7) is 1.52. The minimum absolute atomic E-state index is 0.346. The smallest absolute Gasteiger partial charge is 0.335 e. The molecule has 0 fully saturated rings. The van der Waals surface area contributed by atoms with E-state index >= 15 is 0 Å². The zero-order valence-electron chi connectivity index (χ0n) is 15.6. The molecule has 4 aromatic rings. The second-order valence-electron chi connectivity index (χ2n) is 7.10. The predicted molar refractivity (Wildman–Crippen MR) is 116 cm³/mol. The first-order valence-corrected chi connectivity index (χ1v) is 10.3. The third-order valence-corrected chi connectivity index (χ3v) is 6.12. The van der Waals surface area contributed by atoms with Crippen LogP contribution in [0.3, 0.4) is 0 Å². The van der Waals surface area contributed by atoms with Crippen molar-refractivity contribution in [3.05, 3.63) is 94.9 Å². The molecule has 1 N–H and O–H groups in total. The quantitative estimate of drug-likeness (QED) is 0.479.